The van der Waals surface area contributed by atoms with Gasteiger partial charge in [-0.1, -0.05) is 36.4 Å². The molecular formula is C31H28F3NO10S2. The smallest absolute Gasteiger partial charge is 0.416 e. The standard InChI is InChI=1S/C16H17NO5S.C15H11F3O5S/c1-11(18)22-15-9-6-13(10-16(15)23(19,20)21)12-4-7-14(8-5-12)17(2)3;1-9(19)23-13-7-4-11(8-14(13)24(20,21)22)10-2-5-12(6-3-10)15(16,17)18/h4-10H,1-3H3,(H,19,20,21);2-8H,1H3,(H,20,21,22). The number of anilines is 1. The molecule has 0 radical (unpaired) electrons. The molecule has 0 saturated heterocycles. The Hall–Kier alpha value is -4.77. The summed E-state index contributed by atoms with van der Waals surface area (Å²) < 4.78 is 112. The number of hydrogen-bond donors (Lipinski definition) is 2. The van der Waals surface area contributed by atoms with Gasteiger partial charge in [0.05, 0.1) is 5.56 Å². The van der Waals surface area contributed by atoms with Crippen LogP contribution in [0.4, 0.5) is 18.9 Å². The van der Waals surface area contributed by atoms with Gasteiger partial charge in [-0.05, 0) is 70.8 Å². The number of rotatable bonds is 7. The first-order valence-corrected chi connectivity index (χ1v) is 16.1. The fourth-order valence-electron chi connectivity index (χ4n) is 4.06. The molecule has 16 heteroatoms. The van der Waals surface area contributed by atoms with Crippen molar-refractivity contribution >= 4 is 37.9 Å². The predicted molar refractivity (Wildman–Crippen MR) is 165 cm³/mol. The first kappa shape index (κ1) is 36.7. The molecule has 2 N–H and O–H groups in total. The number of carbonyl (C=O) groups is 2. The Bertz CT molecular complexity index is 1990. The molecule has 4 rings (SSSR count). The fraction of sp³-hybridized carbons (Fsp3) is 0.161. The molecule has 47 heavy (non-hydrogen) atoms. The van der Waals surface area contributed by atoms with E-state index in [1.165, 1.54) is 18.2 Å². The lowest BCUT2D eigenvalue weighted by Gasteiger charge is -2.13. The molecule has 250 valence electrons. The van der Waals surface area contributed by atoms with E-state index in [4.69, 9.17) is 9.47 Å². The van der Waals surface area contributed by atoms with Gasteiger partial charge in [0.25, 0.3) is 20.2 Å². The highest BCUT2D eigenvalue weighted by molar-refractivity contribution is 7.86. The maximum atomic E-state index is 12.6. The zero-order valence-electron chi connectivity index (χ0n) is 25.1. The molecule has 0 fully saturated rings. The zero-order chi connectivity index (χ0) is 35.3. The van der Waals surface area contributed by atoms with Crippen molar-refractivity contribution in [2.24, 2.45) is 0 Å². The van der Waals surface area contributed by atoms with E-state index in [2.05, 4.69) is 0 Å². The van der Waals surface area contributed by atoms with E-state index >= 15 is 0 Å². The summed E-state index contributed by atoms with van der Waals surface area (Å²) in [4.78, 5) is 22.9. The number of carbonyl (C=O) groups excluding carboxylic acids is 2. The summed E-state index contributed by atoms with van der Waals surface area (Å²) in [7, 11) is -5.38. The van der Waals surface area contributed by atoms with Gasteiger partial charge in [-0.3, -0.25) is 18.7 Å². The third kappa shape index (κ3) is 10.1. The highest BCUT2D eigenvalue weighted by atomic mass is 32.2. The van der Waals surface area contributed by atoms with Gasteiger partial charge in [0, 0.05) is 33.6 Å². The van der Waals surface area contributed by atoms with Gasteiger partial charge < -0.3 is 14.4 Å². The number of benzene rings is 4. The number of alkyl halides is 3. The summed E-state index contributed by atoms with van der Waals surface area (Å²) in [6, 6.07) is 19.2. The van der Waals surface area contributed by atoms with Gasteiger partial charge in [-0.15, -0.1) is 0 Å². The molecule has 0 aliphatic rings. The molecule has 0 aromatic heterocycles. The van der Waals surface area contributed by atoms with Crippen LogP contribution in [-0.4, -0.2) is 52.0 Å². The van der Waals surface area contributed by atoms with Gasteiger partial charge in [0.1, 0.15) is 9.79 Å². The maximum Gasteiger partial charge on any atom is 0.416 e. The summed E-state index contributed by atoms with van der Waals surface area (Å²) in [6.45, 7) is 2.21. The van der Waals surface area contributed by atoms with E-state index in [0.717, 1.165) is 61.5 Å². The third-order valence-corrected chi connectivity index (χ3v) is 7.96. The van der Waals surface area contributed by atoms with Crippen molar-refractivity contribution in [2.45, 2.75) is 29.8 Å². The first-order chi connectivity index (χ1) is 21.7. The average Bonchev–Trinajstić information content (AvgIpc) is 2.96. The Morgan fingerprint density at radius 1 is 0.617 bits per heavy atom. The van der Waals surface area contributed by atoms with Crippen LogP contribution in [0.3, 0.4) is 0 Å². The fourth-order valence-corrected chi connectivity index (χ4v) is 5.34. The van der Waals surface area contributed by atoms with Crippen LogP contribution in [0.25, 0.3) is 22.3 Å². The van der Waals surface area contributed by atoms with Crippen LogP contribution >= 0.6 is 0 Å². The van der Waals surface area contributed by atoms with Crippen LogP contribution in [0.1, 0.15) is 19.4 Å². The summed E-state index contributed by atoms with van der Waals surface area (Å²) in [5.41, 5.74) is 2.03. The van der Waals surface area contributed by atoms with Gasteiger partial charge >= 0.3 is 18.1 Å². The summed E-state index contributed by atoms with van der Waals surface area (Å²) in [5, 5.41) is 0. The Morgan fingerprint density at radius 3 is 1.26 bits per heavy atom. The van der Waals surface area contributed by atoms with Crippen molar-refractivity contribution in [3.8, 4) is 33.8 Å². The average molecular weight is 696 g/mol. The van der Waals surface area contributed by atoms with Crippen LogP contribution in [-0.2, 0) is 36.0 Å². The van der Waals surface area contributed by atoms with Gasteiger partial charge in [0.2, 0.25) is 0 Å². The number of halogens is 3. The lowest BCUT2D eigenvalue weighted by Crippen LogP contribution is -2.08. The predicted octanol–water partition coefficient (Wildman–Crippen LogP) is 6.14. The zero-order valence-corrected chi connectivity index (χ0v) is 26.8. The van der Waals surface area contributed by atoms with E-state index < -0.39 is 53.7 Å². The molecule has 0 unspecified atom stereocenters. The third-order valence-electron chi connectivity index (χ3n) is 6.21. The summed E-state index contributed by atoms with van der Waals surface area (Å²) in [5.74, 6) is -2.03. The molecule has 4 aromatic carbocycles. The molecular weight excluding hydrogens is 667 g/mol. The molecule has 0 aliphatic heterocycles. The van der Waals surface area contributed by atoms with Gasteiger partial charge in [-0.2, -0.15) is 30.0 Å². The number of ether oxygens (including phenoxy) is 2. The minimum Gasteiger partial charge on any atom is -0.425 e. The van der Waals surface area contributed by atoms with Crippen LogP contribution < -0.4 is 14.4 Å². The molecule has 0 amide bonds. The Balaban J connectivity index is 0.000000256. The molecule has 0 saturated carbocycles. The van der Waals surface area contributed by atoms with E-state index in [0.29, 0.717) is 11.1 Å². The Kier molecular flexibility index (Phi) is 11.2. The minimum absolute atomic E-state index is 0.200. The SMILES string of the molecule is CC(=O)Oc1ccc(-c2ccc(C(F)(F)F)cc2)cc1S(=O)(=O)O.CC(=O)Oc1ccc(-c2ccc(N(C)C)cc2)cc1S(=O)(=O)O. The van der Waals surface area contributed by atoms with E-state index in [1.54, 1.807) is 6.07 Å². The van der Waals surface area contributed by atoms with Gasteiger partial charge in [-0.25, -0.2) is 0 Å². The molecule has 0 aliphatic carbocycles. The van der Waals surface area contributed by atoms with Crippen molar-refractivity contribution in [1.82, 2.24) is 0 Å². The van der Waals surface area contributed by atoms with Crippen molar-refractivity contribution in [3.63, 3.8) is 0 Å². The highest BCUT2D eigenvalue weighted by Crippen LogP contribution is 2.34. The van der Waals surface area contributed by atoms with Crippen molar-refractivity contribution in [1.29, 1.82) is 0 Å². The summed E-state index contributed by atoms with van der Waals surface area (Å²) in [6.07, 6.45) is -4.49. The van der Waals surface area contributed by atoms with Crippen molar-refractivity contribution in [3.05, 3.63) is 90.5 Å². The number of esters is 2. The lowest BCUT2D eigenvalue weighted by molar-refractivity contribution is -0.137. The van der Waals surface area contributed by atoms with Crippen LogP contribution in [0.5, 0.6) is 11.5 Å². The Morgan fingerprint density at radius 2 is 0.957 bits per heavy atom. The van der Waals surface area contributed by atoms with E-state index in [9.17, 15) is 48.7 Å². The minimum atomic E-state index is -4.70. The molecule has 0 heterocycles. The van der Waals surface area contributed by atoms with Crippen LogP contribution in [0, 0.1) is 0 Å². The normalized spacial score (nSPS) is 11.6. The Labute approximate surface area is 268 Å². The molecule has 0 atom stereocenters. The molecule has 11 nitrogen and oxygen atoms in total. The lowest BCUT2D eigenvalue weighted by atomic mass is 10.0. The quantitative estimate of drug-likeness (QED) is 0.130. The largest absolute Gasteiger partial charge is 0.425 e. The first-order valence-electron chi connectivity index (χ1n) is 13.2. The highest BCUT2D eigenvalue weighted by Gasteiger charge is 2.30. The van der Waals surface area contributed by atoms with Gasteiger partial charge in [0.15, 0.2) is 11.5 Å². The second-order valence-corrected chi connectivity index (χ2v) is 12.8. The second kappa shape index (κ2) is 14.3. The second-order valence-electron chi connectivity index (χ2n) is 9.98. The van der Waals surface area contributed by atoms with E-state index in [-0.39, 0.29) is 17.1 Å². The summed E-state index contributed by atoms with van der Waals surface area (Å²) >= 11 is 0. The number of nitrogens with zero attached hydrogens (tertiary/aromatic N) is 1. The molecule has 4 aromatic rings. The molecule has 0 bridgehead atoms. The van der Waals surface area contributed by atoms with Crippen molar-refractivity contribution < 1.29 is 58.2 Å². The van der Waals surface area contributed by atoms with Crippen molar-refractivity contribution in [2.75, 3.05) is 19.0 Å². The topological polar surface area (TPSA) is 165 Å². The molecule has 0 spiro atoms. The van der Waals surface area contributed by atoms with Crippen LogP contribution in [0.15, 0.2) is 94.7 Å². The van der Waals surface area contributed by atoms with Crippen LogP contribution in [0.2, 0.25) is 0 Å². The maximum absolute atomic E-state index is 12.6. The monoisotopic (exact) mass is 695 g/mol. The number of hydrogen-bond acceptors (Lipinski definition) is 9. The van der Waals surface area contributed by atoms with E-state index in [1.807, 2.05) is 43.3 Å².